The van der Waals surface area contributed by atoms with Gasteiger partial charge in [0, 0.05) is 19.8 Å². The van der Waals surface area contributed by atoms with Gasteiger partial charge >= 0.3 is 6.18 Å². The lowest BCUT2D eigenvalue weighted by atomic mass is 9.84. The first-order chi connectivity index (χ1) is 9.37. The first kappa shape index (κ1) is 14.8. The van der Waals surface area contributed by atoms with E-state index in [9.17, 15) is 18.0 Å². The van der Waals surface area contributed by atoms with Crippen LogP contribution >= 0.6 is 0 Å². The fraction of sp³-hybridized carbons (Fsp3) is 0.538. The minimum Gasteiger partial charge on any atom is -0.339 e. The second-order valence-corrected chi connectivity index (χ2v) is 4.99. The van der Waals surface area contributed by atoms with E-state index in [0.29, 0.717) is 5.69 Å². The lowest BCUT2D eigenvalue weighted by molar-refractivity contribution is -0.221. The normalized spacial score (nSPS) is 22.8. The van der Waals surface area contributed by atoms with E-state index in [1.165, 1.54) is 7.05 Å². The Balaban J connectivity index is 2.16. The predicted octanol–water partition coefficient (Wildman–Crippen LogP) is 1.58. The molecule has 0 aromatic carbocycles. The maximum absolute atomic E-state index is 13.3. The zero-order chi connectivity index (χ0) is 14.8. The van der Waals surface area contributed by atoms with Crippen LogP contribution in [0.3, 0.4) is 0 Å². The Bertz CT molecular complexity index is 469. The molecule has 1 amide bonds. The van der Waals surface area contributed by atoms with Gasteiger partial charge in [-0.15, -0.1) is 0 Å². The standard InChI is InChI=1S/C13H16F3N3O/c1-19(8-10-4-2-3-6-18-10)11(20)12(13(14,15)16)5-7-17-9-12/h2-4,6,17H,5,7-9H2,1H3. The van der Waals surface area contributed by atoms with Crippen LogP contribution in [-0.4, -0.2) is 42.1 Å². The number of rotatable bonds is 3. The number of amides is 1. The minimum absolute atomic E-state index is 0.0670. The van der Waals surface area contributed by atoms with E-state index in [1.807, 2.05) is 0 Å². The summed E-state index contributed by atoms with van der Waals surface area (Å²) in [4.78, 5) is 17.4. The number of pyridine rings is 1. The number of carbonyl (C=O) groups is 1. The quantitative estimate of drug-likeness (QED) is 0.918. The third-order valence-electron chi connectivity index (χ3n) is 3.58. The van der Waals surface area contributed by atoms with Gasteiger partial charge in [0.05, 0.1) is 12.2 Å². The number of aromatic nitrogens is 1. The summed E-state index contributed by atoms with van der Waals surface area (Å²) in [5.41, 5.74) is -1.75. The molecule has 0 radical (unpaired) electrons. The van der Waals surface area contributed by atoms with Crippen molar-refractivity contribution < 1.29 is 18.0 Å². The molecule has 1 N–H and O–H groups in total. The van der Waals surface area contributed by atoms with Gasteiger partial charge < -0.3 is 10.2 Å². The fourth-order valence-electron chi connectivity index (χ4n) is 2.41. The molecule has 0 spiro atoms. The average Bonchev–Trinajstić information content (AvgIpc) is 2.89. The van der Waals surface area contributed by atoms with Gasteiger partial charge in [-0.25, -0.2) is 0 Å². The zero-order valence-electron chi connectivity index (χ0n) is 11.1. The molecule has 1 aromatic rings. The molecular formula is C13H16F3N3O. The third-order valence-corrected chi connectivity index (χ3v) is 3.58. The molecule has 2 rings (SSSR count). The lowest BCUT2D eigenvalue weighted by Gasteiger charge is -2.33. The van der Waals surface area contributed by atoms with Crippen molar-refractivity contribution in [2.75, 3.05) is 20.1 Å². The smallest absolute Gasteiger partial charge is 0.339 e. The molecule has 1 atom stereocenters. The van der Waals surface area contributed by atoms with Crippen LogP contribution in [-0.2, 0) is 11.3 Å². The van der Waals surface area contributed by atoms with Crippen molar-refractivity contribution in [1.82, 2.24) is 15.2 Å². The van der Waals surface area contributed by atoms with Crippen LogP contribution in [0, 0.1) is 5.41 Å². The van der Waals surface area contributed by atoms with Gasteiger partial charge in [0.2, 0.25) is 5.91 Å². The van der Waals surface area contributed by atoms with Crippen LogP contribution < -0.4 is 5.32 Å². The van der Waals surface area contributed by atoms with Crippen molar-refractivity contribution in [2.45, 2.75) is 19.1 Å². The third kappa shape index (κ3) is 2.63. The number of alkyl halides is 3. The van der Waals surface area contributed by atoms with Crippen LogP contribution in [0.4, 0.5) is 13.2 Å². The van der Waals surface area contributed by atoms with Crippen LogP contribution in [0.5, 0.6) is 0 Å². The second-order valence-electron chi connectivity index (χ2n) is 4.99. The van der Waals surface area contributed by atoms with E-state index in [1.54, 1.807) is 24.4 Å². The van der Waals surface area contributed by atoms with Gasteiger partial charge in [-0.1, -0.05) is 6.07 Å². The Labute approximate surface area is 115 Å². The number of hydrogen-bond donors (Lipinski definition) is 1. The van der Waals surface area contributed by atoms with Crippen molar-refractivity contribution in [2.24, 2.45) is 5.41 Å². The van der Waals surface area contributed by atoms with Gasteiger partial charge in [0.25, 0.3) is 0 Å². The Hall–Kier alpha value is -1.63. The molecule has 1 aliphatic heterocycles. The summed E-state index contributed by atoms with van der Waals surface area (Å²) in [5.74, 6) is -0.902. The molecule has 1 saturated heterocycles. The molecule has 1 fully saturated rings. The maximum atomic E-state index is 13.3. The van der Waals surface area contributed by atoms with Crippen molar-refractivity contribution >= 4 is 5.91 Å². The van der Waals surface area contributed by atoms with Gasteiger partial charge in [-0.2, -0.15) is 13.2 Å². The van der Waals surface area contributed by atoms with Crippen LogP contribution in [0.2, 0.25) is 0 Å². The van der Waals surface area contributed by atoms with Crippen LogP contribution in [0.25, 0.3) is 0 Å². The Morgan fingerprint density at radius 3 is 2.75 bits per heavy atom. The lowest BCUT2D eigenvalue weighted by Crippen LogP contribution is -2.52. The van der Waals surface area contributed by atoms with Crippen molar-refractivity contribution in [3.05, 3.63) is 30.1 Å². The molecule has 0 bridgehead atoms. The maximum Gasteiger partial charge on any atom is 0.404 e. The molecule has 1 aliphatic rings. The molecule has 7 heteroatoms. The first-order valence-corrected chi connectivity index (χ1v) is 6.30. The van der Waals surface area contributed by atoms with Gasteiger partial charge in [-0.3, -0.25) is 9.78 Å². The summed E-state index contributed by atoms with van der Waals surface area (Å²) in [7, 11) is 1.38. The fourth-order valence-corrected chi connectivity index (χ4v) is 2.41. The first-order valence-electron chi connectivity index (χ1n) is 6.30. The van der Waals surface area contributed by atoms with E-state index in [0.717, 1.165) is 4.90 Å². The molecule has 1 aromatic heterocycles. The molecular weight excluding hydrogens is 271 g/mol. The summed E-state index contributed by atoms with van der Waals surface area (Å²) in [6, 6.07) is 5.12. The van der Waals surface area contributed by atoms with Gasteiger partial charge in [-0.05, 0) is 25.1 Å². The number of halogens is 3. The molecule has 1 unspecified atom stereocenters. The molecule has 2 heterocycles. The van der Waals surface area contributed by atoms with E-state index < -0.39 is 17.5 Å². The van der Waals surface area contributed by atoms with E-state index in [2.05, 4.69) is 10.3 Å². The van der Waals surface area contributed by atoms with Crippen LogP contribution in [0.15, 0.2) is 24.4 Å². The SMILES string of the molecule is CN(Cc1ccccn1)C(=O)C1(C(F)(F)F)CCNC1. The second kappa shape index (κ2) is 5.40. The molecule has 20 heavy (non-hydrogen) atoms. The summed E-state index contributed by atoms with van der Waals surface area (Å²) in [6.07, 6.45) is -3.22. The highest BCUT2D eigenvalue weighted by Crippen LogP contribution is 2.44. The number of hydrogen-bond acceptors (Lipinski definition) is 3. The van der Waals surface area contributed by atoms with Gasteiger partial charge in [0.1, 0.15) is 0 Å². The summed E-state index contributed by atoms with van der Waals surface area (Å²) >= 11 is 0. The number of carbonyl (C=O) groups excluding carboxylic acids is 1. The molecule has 4 nitrogen and oxygen atoms in total. The van der Waals surface area contributed by atoms with Crippen molar-refractivity contribution in [3.63, 3.8) is 0 Å². The summed E-state index contributed by atoms with van der Waals surface area (Å²) in [6.45, 7) is -0.0952. The topological polar surface area (TPSA) is 45.2 Å². The molecule has 0 saturated carbocycles. The average molecular weight is 287 g/mol. The molecule has 110 valence electrons. The molecule has 0 aliphatic carbocycles. The summed E-state index contributed by atoms with van der Waals surface area (Å²) < 4.78 is 39.8. The highest BCUT2D eigenvalue weighted by atomic mass is 19.4. The highest BCUT2D eigenvalue weighted by Gasteiger charge is 2.62. The zero-order valence-corrected chi connectivity index (χ0v) is 11.1. The monoisotopic (exact) mass is 287 g/mol. The Morgan fingerprint density at radius 1 is 1.50 bits per heavy atom. The van der Waals surface area contributed by atoms with Crippen LogP contribution in [0.1, 0.15) is 12.1 Å². The van der Waals surface area contributed by atoms with E-state index in [4.69, 9.17) is 0 Å². The predicted molar refractivity (Wildman–Crippen MR) is 66.7 cm³/mol. The van der Waals surface area contributed by atoms with Gasteiger partial charge in [0.15, 0.2) is 5.41 Å². The van der Waals surface area contributed by atoms with E-state index >= 15 is 0 Å². The Morgan fingerprint density at radius 2 is 2.25 bits per heavy atom. The minimum atomic E-state index is -4.55. The largest absolute Gasteiger partial charge is 0.404 e. The van der Waals surface area contributed by atoms with Crippen molar-refractivity contribution in [3.8, 4) is 0 Å². The van der Waals surface area contributed by atoms with E-state index in [-0.39, 0.29) is 26.1 Å². The van der Waals surface area contributed by atoms with Crippen molar-refractivity contribution in [1.29, 1.82) is 0 Å². The number of nitrogens with zero attached hydrogens (tertiary/aromatic N) is 2. The highest BCUT2D eigenvalue weighted by molar-refractivity contribution is 5.84. The Kier molecular flexibility index (Phi) is 3.99. The summed E-state index contributed by atoms with van der Waals surface area (Å²) in [5, 5.41) is 2.64. The number of nitrogens with one attached hydrogen (secondary N) is 1.